The van der Waals surface area contributed by atoms with Crippen LogP contribution in [-0.4, -0.2) is 35.5 Å². The van der Waals surface area contributed by atoms with E-state index in [2.05, 4.69) is 15.6 Å². The number of hydrogen-bond donors (Lipinski definition) is 1. The molecule has 0 aliphatic carbocycles. The number of amides is 1. The number of hydrogen-bond acceptors (Lipinski definition) is 6. The topological polar surface area (TPSA) is 90.4 Å². The third kappa shape index (κ3) is 2.89. The Balaban J connectivity index is 1.67. The number of rotatable bonds is 4. The summed E-state index contributed by atoms with van der Waals surface area (Å²) in [5.41, 5.74) is 1.95. The van der Waals surface area contributed by atoms with Gasteiger partial charge in [0.25, 0.3) is 5.91 Å². The zero-order valence-electron chi connectivity index (χ0n) is 12.9. The Morgan fingerprint density at radius 1 is 1.27 bits per heavy atom. The molecule has 2 atom stereocenters. The van der Waals surface area contributed by atoms with Crippen molar-refractivity contribution >= 4 is 5.91 Å². The van der Waals surface area contributed by atoms with Gasteiger partial charge >= 0.3 is 0 Å². The van der Waals surface area contributed by atoms with Crippen LogP contribution in [0.2, 0.25) is 0 Å². The number of aromatic nitrogens is 2. The van der Waals surface area contributed by atoms with E-state index in [9.17, 15) is 4.79 Å². The van der Waals surface area contributed by atoms with Crippen LogP contribution in [0.3, 0.4) is 0 Å². The number of carbonyl (C=O) groups is 1. The Kier molecular flexibility index (Phi) is 3.98. The Hall–Kier alpha value is -2.15. The molecule has 2 aromatic heterocycles. The summed E-state index contributed by atoms with van der Waals surface area (Å²) >= 11 is 0. The Labute approximate surface area is 128 Å². The fourth-order valence-electron chi connectivity index (χ4n) is 2.78. The van der Waals surface area contributed by atoms with Crippen LogP contribution in [0.5, 0.6) is 0 Å². The van der Waals surface area contributed by atoms with Crippen molar-refractivity contribution in [3.63, 3.8) is 0 Å². The Bertz CT molecular complexity index is 657. The molecule has 2 aromatic rings. The molecule has 0 bridgehead atoms. The van der Waals surface area contributed by atoms with Crippen molar-refractivity contribution in [2.75, 3.05) is 13.2 Å². The van der Waals surface area contributed by atoms with Crippen molar-refractivity contribution in [1.29, 1.82) is 0 Å². The number of aryl methyl sites for hydroxylation is 3. The van der Waals surface area contributed by atoms with Gasteiger partial charge in [-0.3, -0.25) is 4.79 Å². The van der Waals surface area contributed by atoms with Gasteiger partial charge in [-0.25, -0.2) is 0 Å². The Morgan fingerprint density at radius 3 is 2.73 bits per heavy atom. The second-order valence-electron chi connectivity index (χ2n) is 5.72. The third-order valence-corrected chi connectivity index (χ3v) is 3.92. The van der Waals surface area contributed by atoms with Crippen LogP contribution in [0, 0.1) is 26.7 Å². The van der Waals surface area contributed by atoms with Gasteiger partial charge in [0.1, 0.15) is 17.1 Å². The predicted molar refractivity (Wildman–Crippen MR) is 76.5 cm³/mol. The minimum Gasteiger partial charge on any atom is -0.379 e. The first-order chi connectivity index (χ1) is 10.5. The van der Waals surface area contributed by atoms with E-state index in [0.29, 0.717) is 36.7 Å². The van der Waals surface area contributed by atoms with Crippen LogP contribution < -0.4 is 5.32 Å². The maximum atomic E-state index is 12.4. The molecule has 1 saturated heterocycles. The molecule has 7 heteroatoms. The molecule has 1 amide bonds. The van der Waals surface area contributed by atoms with Gasteiger partial charge in [0, 0.05) is 18.4 Å². The van der Waals surface area contributed by atoms with Gasteiger partial charge in [-0.15, -0.1) is 0 Å². The van der Waals surface area contributed by atoms with Gasteiger partial charge in [-0.1, -0.05) is 10.3 Å². The van der Waals surface area contributed by atoms with E-state index in [-0.39, 0.29) is 17.9 Å². The molecule has 1 aliphatic rings. The van der Waals surface area contributed by atoms with Crippen molar-refractivity contribution in [3.05, 3.63) is 34.5 Å². The number of nitrogens with zero attached hydrogens (tertiary/aromatic N) is 2. The lowest BCUT2D eigenvalue weighted by molar-refractivity contribution is 0.0922. The lowest BCUT2D eigenvalue weighted by atomic mass is 9.97. The van der Waals surface area contributed by atoms with E-state index in [0.717, 1.165) is 11.5 Å². The zero-order valence-corrected chi connectivity index (χ0v) is 12.9. The molecule has 1 aliphatic heterocycles. The highest BCUT2D eigenvalue weighted by molar-refractivity contribution is 5.96. The van der Waals surface area contributed by atoms with Crippen LogP contribution in [0.1, 0.15) is 33.3 Å². The van der Waals surface area contributed by atoms with Gasteiger partial charge in [0.15, 0.2) is 0 Å². The van der Waals surface area contributed by atoms with Crippen molar-refractivity contribution in [2.24, 2.45) is 5.92 Å². The van der Waals surface area contributed by atoms with Crippen LogP contribution in [0.4, 0.5) is 0 Å². The zero-order chi connectivity index (χ0) is 15.7. The first-order valence-electron chi connectivity index (χ1n) is 7.28. The quantitative estimate of drug-likeness (QED) is 0.922. The Morgan fingerprint density at radius 2 is 2.09 bits per heavy atom. The molecule has 0 radical (unpaired) electrons. The van der Waals surface area contributed by atoms with Gasteiger partial charge in [-0.2, -0.15) is 0 Å². The largest absolute Gasteiger partial charge is 0.379 e. The average Bonchev–Trinajstić information content (AvgIpc) is 3.14. The van der Waals surface area contributed by atoms with E-state index in [4.69, 9.17) is 13.8 Å². The van der Waals surface area contributed by atoms with E-state index in [1.807, 2.05) is 13.0 Å². The van der Waals surface area contributed by atoms with Crippen molar-refractivity contribution in [3.8, 4) is 0 Å². The number of ether oxygens (including phenoxy) is 1. The van der Waals surface area contributed by atoms with E-state index in [1.165, 1.54) is 0 Å². The fourth-order valence-corrected chi connectivity index (χ4v) is 2.78. The molecule has 0 saturated carbocycles. The molecule has 3 heterocycles. The number of nitrogens with one attached hydrogen (secondary N) is 1. The molecular weight excluding hydrogens is 286 g/mol. The van der Waals surface area contributed by atoms with E-state index in [1.54, 1.807) is 13.8 Å². The maximum absolute atomic E-state index is 12.4. The van der Waals surface area contributed by atoms with E-state index < -0.39 is 0 Å². The molecule has 1 N–H and O–H groups in total. The fraction of sp³-hybridized carbons (Fsp3) is 0.533. The average molecular weight is 305 g/mol. The highest BCUT2D eigenvalue weighted by atomic mass is 16.5. The molecule has 3 rings (SSSR count). The van der Waals surface area contributed by atoms with Crippen molar-refractivity contribution in [2.45, 2.75) is 33.2 Å². The second kappa shape index (κ2) is 5.92. The molecule has 0 spiro atoms. The summed E-state index contributed by atoms with van der Waals surface area (Å²) in [5.74, 6) is 1.32. The maximum Gasteiger partial charge on any atom is 0.257 e. The van der Waals surface area contributed by atoms with Crippen molar-refractivity contribution in [1.82, 2.24) is 15.6 Å². The molecule has 118 valence electrons. The van der Waals surface area contributed by atoms with E-state index >= 15 is 0 Å². The summed E-state index contributed by atoms with van der Waals surface area (Å²) in [6.07, 6.45) is 0.688. The van der Waals surface area contributed by atoms with Gasteiger partial charge in [0.05, 0.1) is 30.6 Å². The lowest BCUT2D eigenvalue weighted by Gasteiger charge is -2.17. The van der Waals surface area contributed by atoms with Crippen LogP contribution in [-0.2, 0) is 11.2 Å². The molecule has 22 heavy (non-hydrogen) atoms. The standard InChI is InChI=1S/C15H19N3O4/c1-8-4-12(22-17-8)5-11-6-20-7-13(11)16-15(19)14-9(2)18-21-10(14)3/h4,11,13H,5-7H2,1-3H3,(H,16,19). The van der Waals surface area contributed by atoms with Crippen LogP contribution in [0.15, 0.2) is 15.1 Å². The summed E-state index contributed by atoms with van der Waals surface area (Å²) in [7, 11) is 0. The third-order valence-electron chi connectivity index (χ3n) is 3.92. The summed E-state index contributed by atoms with van der Waals surface area (Å²) in [4.78, 5) is 12.4. The highest BCUT2D eigenvalue weighted by Crippen LogP contribution is 2.21. The summed E-state index contributed by atoms with van der Waals surface area (Å²) in [6, 6.07) is 1.84. The SMILES string of the molecule is Cc1cc(CC2COCC2NC(=O)c2c(C)noc2C)on1. The predicted octanol–water partition coefficient (Wildman–Crippen LogP) is 1.58. The minimum atomic E-state index is -0.175. The molecule has 1 fully saturated rings. The van der Waals surface area contributed by atoms with Crippen LogP contribution >= 0.6 is 0 Å². The summed E-state index contributed by atoms with van der Waals surface area (Å²) in [5, 5.41) is 10.7. The first kappa shape index (κ1) is 14.8. The summed E-state index contributed by atoms with van der Waals surface area (Å²) in [6.45, 7) is 6.45. The number of carbonyl (C=O) groups excluding carboxylic acids is 1. The highest BCUT2D eigenvalue weighted by Gasteiger charge is 2.32. The molecule has 7 nitrogen and oxygen atoms in total. The monoisotopic (exact) mass is 305 g/mol. The van der Waals surface area contributed by atoms with Gasteiger partial charge in [0.2, 0.25) is 0 Å². The normalized spacial score (nSPS) is 21.2. The lowest BCUT2D eigenvalue weighted by Crippen LogP contribution is -2.40. The smallest absolute Gasteiger partial charge is 0.257 e. The molecule has 0 aromatic carbocycles. The minimum absolute atomic E-state index is 0.0633. The van der Waals surface area contributed by atoms with Crippen molar-refractivity contribution < 1.29 is 18.6 Å². The second-order valence-corrected chi connectivity index (χ2v) is 5.72. The van der Waals surface area contributed by atoms with Gasteiger partial charge in [-0.05, 0) is 20.8 Å². The van der Waals surface area contributed by atoms with Gasteiger partial charge < -0.3 is 19.1 Å². The summed E-state index contributed by atoms with van der Waals surface area (Å²) < 4.78 is 15.8. The first-order valence-corrected chi connectivity index (χ1v) is 7.28. The van der Waals surface area contributed by atoms with Crippen LogP contribution in [0.25, 0.3) is 0 Å². The molecule has 2 unspecified atom stereocenters. The molecular formula is C15H19N3O4.